The Morgan fingerprint density at radius 1 is 1.19 bits per heavy atom. The SMILES string of the molecule is CN(C)CCCCNC1CCC(NC(=O)OC(C)(C)C)C1. The fourth-order valence-electron chi connectivity index (χ4n) is 2.63. The minimum Gasteiger partial charge on any atom is -0.444 e. The fourth-order valence-corrected chi connectivity index (χ4v) is 2.63. The zero-order valence-corrected chi connectivity index (χ0v) is 14.4. The Balaban J connectivity index is 2.11. The van der Waals surface area contributed by atoms with E-state index in [0.717, 1.165) is 32.4 Å². The summed E-state index contributed by atoms with van der Waals surface area (Å²) >= 11 is 0. The minimum atomic E-state index is -0.424. The molecule has 1 amide bonds. The first kappa shape index (κ1) is 18.2. The van der Waals surface area contributed by atoms with Gasteiger partial charge in [0.1, 0.15) is 5.60 Å². The van der Waals surface area contributed by atoms with Crippen molar-refractivity contribution in [2.45, 2.75) is 70.6 Å². The van der Waals surface area contributed by atoms with Gasteiger partial charge in [0.25, 0.3) is 0 Å². The van der Waals surface area contributed by atoms with Gasteiger partial charge in [-0.3, -0.25) is 0 Å². The molecule has 0 aromatic heterocycles. The van der Waals surface area contributed by atoms with Gasteiger partial charge in [0.15, 0.2) is 0 Å². The molecule has 0 spiro atoms. The van der Waals surface area contributed by atoms with Crippen LogP contribution in [0.2, 0.25) is 0 Å². The lowest BCUT2D eigenvalue weighted by molar-refractivity contribution is 0.0505. The van der Waals surface area contributed by atoms with E-state index in [1.165, 1.54) is 12.8 Å². The zero-order chi connectivity index (χ0) is 15.9. The third-order valence-electron chi connectivity index (χ3n) is 3.62. The van der Waals surface area contributed by atoms with Crippen LogP contribution >= 0.6 is 0 Å². The molecule has 1 saturated carbocycles. The second kappa shape index (κ2) is 8.59. The number of ether oxygens (including phenoxy) is 1. The van der Waals surface area contributed by atoms with E-state index >= 15 is 0 Å². The first-order valence-electron chi connectivity index (χ1n) is 8.14. The Kier molecular flexibility index (Phi) is 7.46. The van der Waals surface area contributed by atoms with Crippen molar-refractivity contribution in [2.75, 3.05) is 27.2 Å². The van der Waals surface area contributed by atoms with Crippen molar-refractivity contribution in [3.63, 3.8) is 0 Å². The average Bonchev–Trinajstić information content (AvgIpc) is 2.73. The molecule has 5 heteroatoms. The van der Waals surface area contributed by atoms with Gasteiger partial charge in [0.2, 0.25) is 0 Å². The number of amides is 1. The molecule has 0 aliphatic heterocycles. The smallest absolute Gasteiger partial charge is 0.407 e. The van der Waals surface area contributed by atoms with Gasteiger partial charge in [-0.2, -0.15) is 0 Å². The molecule has 1 rings (SSSR count). The number of nitrogens with zero attached hydrogens (tertiary/aromatic N) is 1. The van der Waals surface area contributed by atoms with Crippen LogP contribution in [0.1, 0.15) is 52.9 Å². The number of nitrogens with one attached hydrogen (secondary N) is 2. The average molecular weight is 299 g/mol. The number of carbonyl (C=O) groups is 1. The van der Waals surface area contributed by atoms with Gasteiger partial charge in [-0.25, -0.2) is 4.79 Å². The molecule has 2 atom stereocenters. The van der Waals surface area contributed by atoms with Gasteiger partial charge in [0.05, 0.1) is 0 Å². The normalized spacial score (nSPS) is 22.6. The van der Waals surface area contributed by atoms with Crippen molar-refractivity contribution >= 4 is 6.09 Å². The molecule has 1 aliphatic rings. The Morgan fingerprint density at radius 3 is 2.48 bits per heavy atom. The molecule has 0 bridgehead atoms. The molecule has 2 unspecified atom stereocenters. The third kappa shape index (κ3) is 8.94. The largest absolute Gasteiger partial charge is 0.444 e. The predicted molar refractivity (Wildman–Crippen MR) is 86.6 cm³/mol. The molecule has 2 N–H and O–H groups in total. The Bertz CT molecular complexity index is 313. The van der Waals surface area contributed by atoms with Crippen LogP contribution in [0.4, 0.5) is 4.79 Å². The number of carbonyl (C=O) groups excluding carboxylic acids is 1. The molecule has 0 heterocycles. The van der Waals surface area contributed by atoms with Crippen LogP contribution in [-0.2, 0) is 4.74 Å². The van der Waals surface area contributed by atoms with Crippen molar-refractivity contribution in [3.8, 4) is 0 Å². The van der Waals surface area contributed by atoms with E-state index in [9.17, 15) is 4.79 Å². The van der Waals surface area contributed by atoms with Gasteiger partial charge in [0, 0.05) is 12.1 Å². The lowest BCUT2D eigenvalue weighted by Gasteiger charge is -2.21. The molecule has 21 heavy (non-hydrogen) atoms. The Labute approximate surface area is 129 Å². The van der Waals surface area contributed by atoms with E-state index in [1.807, 2.05) is 20.8 Å². The van der Waals surface area contributed by atoms with E-state index in [4.69, 9.17) is 4.74 Å². The Morgan fingerprint density at radius 2 is 1.86 bits per heavy atom. The summed E-state index contributed by atoms with van der Waals surface area (Å²) in [4.78, 5) is 13.9. The fraction of sp³-hybridized carbons (Fsp3) is 0.938. The summed E-state index contributed by atoms with van der Waals surface area (Å²) in [5.41, 5.74) is -0.424. The van der Waals surface area contributed by atoms with Crippen LogP contribution in [0.5, 0.6) is 0 Å². The van der Waals surface area contributed by atoms with Crippen molar-refractivity contribution < 1.29 is 9.53 Å². The quantitative estimate of drug-likeness (QED) is 0.709. The maximum absolute atomic E-state index is 11.7. The number of alkyl carbamates (subject to hydrolysis) is 1. The lowest BCUT2D eigenvalue weighted by atomic mass is 10.2. The van der Waals surface area contributed by atoms with Gasteiger partial charge in [-0.05, 0) is 80.1 Å². The van der Waals surface area contributed by atoms with E-state index < -0.39 is 5.60 Å². The van der Waals surface area contributed by atoms with Crippen LogP contribution in [0.3, 0.4) is 0 Å². The van der Waals surface area contributed by atoms with Crippen LogP contribution in [0.15, 0.2) is 0 Å². The van der Waals surface area contributed by atoms with Crippen LogP contribution < -0.4 is 10.6 Å². The number of hydrogen-bond acceptors (Lipinski definition) is 4. The van der Waals surface area contributed by atoms with Crippen LogP contribution in [0.25, 0.3) is 0 Å². The first-order valence-corrected chi connectivity index (χ1v) is 8.14. The van der Waals surface area contributed by atoms with E-state index in [0.29, 0.717) is 6.04 Å². The number of hydrogen-bond donors (Lipinski definition) is 2. The van der Waals surface area contributed by atoms with Crippen molar-refractivity contribution in [2.24, 2.45) is 0 Å². The van der Waals surface area contributed by atoms with Gasteiger partial charge in [-0.15, -0.1) is 0 Å². The monoisotopic (exact) mass is 299 g/mol. The van der Waals surface area contributed by atoms with Gasteiger partial charge in [-0.1, -0.05) is 0 Å². The van der Waals surface area contributed by atoms with Crippen molar-refractivity contribution in [3.05, 3.63) is 0 Å². The molecule has 0 saturated heterocycles. The highest BCUT2D eigenvalue weighted by Gasteiger charge is 2.27. The third-order valence-corrected chi connectivity index (χ3v) is 3.62. The van der Waals surface area contributed by atoms with Crippen LogP contribution in [0, 0.1) is 0 Å². The molecule has 0 aromatic carbocycles. The van der Waals surface area contributed by atoms with E-state index in [2.05, 4.69) is 29.6 Å². The van der Waals surface area contributed by atoms with Crippen LogP contribution in [-0.4, -0.2) is 55.9 Å². The maximum atomic E-state index is 11.7. The Hall–Kier alpha value is -0.810. The molecule has 124 valence electrons. The molecular formula is C16H33N3O2. The number of rotatable bonds is 7. The molecule has 1 aliphatic carbocycles. The lowest BCUT2D eigenvalue weighted by Crippen LogP contribution is -2.39. The topological polar surface area (TPSA) is 53.6 Å². The molecule has 0 radical (unpaired) electrons. The highest BCUT2D eigenvalue weighted by Crippen LogP contribution is 2.19. The zero-order valence-electron chi connectivity index (χ0n) is 14.4. The van der Waals surface area contributed by atoms with E-state index in [1.54, 1.807) is 0 Å². The molecule has 5 nitrogen and oxygen atoms in total. The predicted octanol–water partition coefficient (Wildman–Crippen LogP) is 2.36. The summed E-state index contributed by atoms with van der Waals surface area (Å²) < 4.78 is 5.30. The maximum Gasteiger partial charge on any atom is 0.407 e. The highest BCUT2D eigenvalue weighted by molar-refractivity contribution is 5.68. The molecule has 1 fully saturated rings. The second-order valence-electron chi connectivity index (χ2n) is 7.32. The van der Waals surface area contributed by atoms with Crippen molar-refractivity contribution in [1.29, 1.82) is 0 Å². The summed E-state index contributed by atoms with van der Waals surface area (Å²) in [6, 6.07) is 0.781. The summed E-state index contributed by atoms with van der Waals surface area (Å²) in [6.45, 7) is 7.88. The summed E-state index contributed by atoms with van der Waals surface area (Å²) in [5.74, 6) is 0. The van der Waals surface area contributed by atoms with Gasteiger partial charge < -0.3 is 20.3 Å². The summed E-state index contributed by atoms with van der Waals surface area (Å²) in [5, 5.41) is 6.57. The molecule has 0 aromatic rings. The number of unbranched alkanes of at least 4 members (excludes halogenated alkanes) is 1. The summed E-state index contributed by atoms with van der Waals surface area (Å²) in [6.07, 6.45) is 5.32. The molecular weight excluding hydrogens is 266 g/mol. The second-order valence-corrected chi connectivity index (χ2v) is 7.32. The standard InChI is InChI=1S/C16H33N3O2/c1-16(2,3)21-15(20)18-14-9-8-13(12-14)17-10-6-7-11-19(4)5/h13-14,17H,6-12H2,1-5H3,(H,18,20). The first-order chi connectivity index (χ1) is 9.76. The summed E-state index contributed by atoms with van der Waals surface area (Å²) in [7, 11) is 4.22. The van der Waals surface area contributed by atoms with Gasteiger partial charge >= 0.3 is 6.09 Å². The minimum absolute atomic E-state index is 0.249. The highest BCUT2D eigenvalue weighted by atomic mass is 16.6. The van der Waals surface area contributed by atoms with E-state index in [-0.39, 0.29) is 12.1 Å². The van der Waals surface area contributed by atoms with Crippen molar-refractivity contribution in [1.82, 2.24) is 15.5 Å².